The highest BCUT2D eigenvalue weighted by atomic mass is 79.9. The molecule has 0 bridgehead atoms. The highest BCUT2D eigenvalue weighted by molar-refractivity contribution is 9.10. The van der Waals surface area contributed by atoms with E-state index in [1.807, 2.05) is 38.1 Å². The molecule has 1 aliphatic heterocycles. The number of hydrazone groups is 1. The maximum Gasteiger partial charge on any atom is 0.407 e. The highest BCUT2D eigenvalue weighted by Crippen LogP contribution is 2.17. The molecule has 9 heteroatoms. The van der Waals surface area contributed by atoms with Gasteiger partial charge in [-0.3, -0.25) is 9.79 Å². The van der Waals surface area contributed by atoms with E-state index in [1.54, 1.807) is 6.21 Å². The van der Waals surface area contributed by atoms with Crippen molar-refractivity contribution in [2.45, 2.75) is 32.4 Å². The molecule has 0 spiro atoms. The third-order valence-electron chi connectivity index (χ3n) is 4.41. The molecular weight excluding hydrogens is 426 g/mol. The number of carbonyl (C=O) groups excluding carboxylic acids is 2. The second-order valence-corrected chi connectivity index (χ2v) is 7.64. The van der Waals surface area contributed by atoms with Gasteiger partial charge in [-0.1, -0.05) is 41.9 Å². The molecule has 0 aliphatic carbocycles. The van der Waals surface area contributed by atoms with Crippen molar-refractivity contribution < 1.29 is 14.3 Å². The van der Waals surface area contributed by atoms with Gasteiger partial charge in [-0.05, 0) is 23.6 Å². The number of nitrogens with zero attached hydrogens (tertiary/aromatic N) is 3. The van der Waals surface area contributed by atoms with Gasteiger partial charge in [-0.2, -0.15) is 5.10 Å². The summed E-state index contributed by atoms with van der Waals surface area (Å²) in [6, 6.07) is 6.80. The van der Waals surface area contributed by atoms with Gasteiger partial charge in [0.05, 0.1) is 25.4 Å². The molecule has 1 aromatic carbocycles. The lowest BCUT2D eigenvalue weighted by Crippen LogP contribution is -2.51. The number of nitrogens with one attached hydrogen (secondary N) is 1. The average Bonchev–Trinajstić information content (AvgIpc) is 3.15. The number of aliphatic imine (C=N–C) groups is 1. The Bertz CT molecular complexity index is 748. The Morgan fingerprint density at radius 1 is 1.39 bits per heavy atom. The van der Waals surface area contributed by atoms with Crippen molar-refractivity contribution in [3.05, 3.63) is 34.3 Å². The third-order valence-corrected chi connectivity index (χ3v) is 4.94. The van der Waals surface area contributed by atoms with Crippen molar-refractivity contribution >= 4 is 39.9 Å². The molecule has 8 nitrogen and oxygen atoms in total. The van der Waals surface area contributed by atoms with E-state index in [9.17, 15) is 9.59 Å². The second kappa shape index (κ2) is 10.3. The zero-order chi connectivity index (χ0) is 20.7. The first kappa shape index (κ1) is 22.0. The van der Waals surface area contributed by atoms with E-state index in [2.05, 4.69) is 36.1 Å². The van der Waals surface area contributed by atoms with Crippen LogP contribution in [0.15, 0.2) is 38.8 Å². The number of amides is 2. The minimum atomic E-state index is -0.727. The predicted octanol–water partition coefficient (Wildman–Crippen LogP) is 2.16. The summed E-state index contributed by atoms with van der Waals surface area (Å²) in [5, 5.41) is 8.19. The van der Waals surface area contributed by atoms with E-state index in [-0.39, 0.29) is 17.9 Å². The summed E-state index contributed by atoms with van der Waals surface area (Å²) in [7, 11) is 1.26. The van der Waals surface area contributed by atoms with Crippen molar-refractivity contribution in [3.8, 4) is 0 Å². The maximum absolute atomic E-state index is 12.9. The number of alkyl carbamates (subject to hydrolysis) is 1. The van der Waals surface area contributed by atoms with Gasteiger partial charge in [0.15, 0.2) is 0 Å². The molecular formula is C19H26BrN5O3. The van der Waals surface area contributed by atoms with Crippen molar-refractivity contribution in [2.75, 3.05) is 20.2 Å². The lowest BCUT2D eigenvalue weighted by Gasteiger charge is -2.28. The van der Waals surface area contributed by atoms with Gasteiger partial charge in [0, 0.05) is 23.7 Å². The van der Waals surface area contributed by atoms with Crippen LogP contribution in [-0.4, -0.2) is 61.2 Å². The molecule has 1 aromatic rings. The first-order valence-electron chi connectivity index (χ1n) is 9.06. The SMILES string of the molecule is COC(=O)NC(C(=O)N1N=CCC1CN=C(CN)c1ccc(Br)cc1)C(C)C. The number of nitrogens with two attached hydrogens (primary N) is 1. The number of carbonyl (C=O) groups is 2. The number of benzene rings is 1. The van der Waals surface area contributed by atoms with Crippen LogP contribution >= 0.6 is 15.9 Å². The van der Waals surface area contributed by atoms with Gasteiger partial charge < -0.3 is 15.8 Å². The maximum atomic E-state index is 12.9. The zero-order valence-corrected chi connectivity index (χ0v) is 17.8. The monoisotopic (exact) mass is 451 g/mol. The molecule has 152 valence electrons. The van der Waals surface area contributed by atoms with Gasteiger partial charge in [-0.25, -0.2) is 9.80 Å². The summed E-state index contributed by atoms with van der Waals surface area (Å²) in [5.74, 6) is -0.402. The summed E-state index contributed by atoms with van der Waals surface area (Å²) in [5.41, 5.74) is 7.57. The number of hydrogen-bond donors (Lipinski definition) is 2. The van der Waals surface area contributed by atoms with Gasteiger partial charge in [0.25, 0.3) is 5.91 Å². The topological polar surface area (TPSA) is 109 Å². The van der Waals surface area contributed by atoms with Crippen LogP contribution in [0.4, 0.5) is 4.79 Å². The minimum absolute atomic E-state index is 0.117. The molecule has 28 heavy (non-hydrogen) atoms. The zero-order valence-electron chi connectivity index (χ0n) is 16.3. The highest BCUT2D eigenvalue weighted by Gasteiger charge is 2.34. The summed E-state index contributed by atoms with van der Waals surface area (Å²) < 4.78 is 5.60. The Kier molecular flexibility index (Phi) is 8.13. The normalized spacial score (nSPS) is 17.7. The molecule has 1 heterocycles. The number of methoxy groups -OCH3 is 1. The van der Waals surface area contributed by atoms with Gasteiger partial charge in [-0.15, -0.1) is 0 Å². The molecule has 0 saturated carbocycles. The molecule has 0 saturated heterocycles. The molecule has 0 aromatic heterocycles. The Morgan fingerprint density at radius 3 is 2.64 bits per heavy atom. The van der Waals surface area contributed by atoms with Crippen LogP contribution in [0.5, 0.6) is 0 Å². The number of rotatable bonds is 7. The van der Waals surface area contributed by atoms with Gasteiger partial charge in [0.2, 0.25) is 0 Å². The van der Waals surface area contributed by atoms with Gasteiger partial charge >= 0.3 is 6.09 Å². The lowest BCUT2D eigenvalue weighted by molar-refractivity contribution is -0.135. The fourth-order valence-electron chi connectivity index (χ4n) is 2.81. The van der Waals surface area contributed by atoms with Crippen LogP contribution in [0.3, 0.4) is 0 Å². The van der Waals surface area contributed by atoms with E-state index in [0.717, 1.165) is 15.7 Å². The second-order valence-electron chi connectivity index (χ2n) is 6.73. The van der Waals surface area contributed by atoms with Crippen molar-refractivity contribution in [2.24, 2.45) is 21.7 Å². The van der Waals surface area contributed by atoms with Crippen LogP contribution in [0.25, 0.3) is 0 Å². The van der Waals surface area contributed by atoms with Crippen molar-refractivity contribution in [1.29, 1.82) is 0 Å². The van der Waals surface area contributed by atoms with E-state index in [0.29, 0.717) is 19.5 Å². The van der Waals surface area contributed by atoms with Crippen LogP contribution in [0.1, 0.15) is 25.8 Å². The quantitative estimate of drug-likeness (QED) is 0.618. The summed E-state index contributed by atoms with van der Waals surface area (Å²) in [4.78, 5) is 29.1. The van der Waals surface area contributed by atoms with Crippen molar-refractivity contribution in [3.63, 3.8) is 0 Å². The Labute approximate surface area is 173 Å². The third kappa shape index (κ3) is 5.62. The van der Waals surface area contributed by atoms with E-state index >= 15 is 0 Å². The van der Waals surface area contributed by atoms with Crippen LogP contribution in [0, 0.1) is 5.92 Å². The smallest absolute Gasteiger partial charge is 0.407 e. The van der Waals surface area contributed by atoms with Crippen molar-refractivity contribution in [1.82, 2.24) is 10.3 Å². The minimum Gasteiger partial charge on any atom is -0.453 e. The van der Waals surface area contributed by atoms with Gasteiger partial charge in [0.1, 0.15) is 6.04 Å². The molecule has 0 fully saturated rings. The van der Waals surface area contributed by atoms with E-state index < -0.39 is 12.1 Å². The Hall–Kier alpha value is -2.26. The molecule has 0 radical (unpaired) electrons. The summed E-state index contributed by atoms with van der Waals surface area (Å²) in [6.45, 7) is 4.37. The van der Waals surface area contributed by atoms with Crippen LogP contribution in [-0.2, 0) is 9.53 Å². The molecule has 2 rings (SSSR count). The summed E-state index contributed by atoms with van der Waals surface area (Å²) >= 11 is 3.41. The first-order chi connectivity index (χ1) is 13.4. The average molecular weight is 452 g/mol. The first-order valence-corrected chi connectivity index (χ1v) is 9.86. The molecule has 2 unspecified atom stereocenters. The Morgan fingerprint density at radius 2 is 2.07 bits per heavy atom. The standard InChI is InChI=1S/C19H26BrN5O3/c1-12(2)17(24-19(27)28-3)18(26)25-15(8-9-23-25)11-22-16(10-21)13-4-6-14(20)7-5-13/h4-7,9,12,15,17H,8,10-11,21H2,1-3H3,(H,24,27). The molecule has 1 aliphatic rings. The molecule has 2 amide bonds. The van der Waals surface area contributed by atoms with E-state index in [4.69, 9.17) is 5.73 Å². The predicted molar refractivity (Wildman–Crippen MR) is 113 cm³/mol. The lowest BCUT2D eigenvalue weighted by atomic mass is 10.0. The number of hydrogen-bond acceptors (Lipinski definition) is 6. The van der Waals surface area contributed by atoms with Crippen LogP contribution in [0.2, 0.25) is 0 Å². The fourth-order valence-corrected chi connectivity index (χ4v) is 3.08. The largest absolute Gasteiger partial charge is 0.453 e. The summed E-state index contributed by atoms with van der Waals surface area (Å²) in [6.07, 6.45) is 1.64. The number of halogens is 1. The molecule has 3 N–H and O–H groups in total. The number of ether oxygens (including phenoxy) is 1. The Balaban J connectivity index is 2.12. The fraction of sp³-hybridized carbons (Fsp3) is 0.474. The van der Waals surface area contributed by atoms with E-state index in [1.165, 1.54) is 12.1 Å². The molecule has 2 atom stereocenters. The van der Waals surface area contributed by atoms with Crippen LogP contribution < -0.4 is 11.1 Å².